The van der Waals surface area contributed by atoms with Gasteiger partial charge in [0, 0.05) is 0 Å². The van der Waals surface area contributed by atoms with Gasteiger partial charge < -0.3 is 10.3 Å². The van der Waals surface area contributed by atoms with Crippen molar-refractivity contribution in [2.24, 2.45) is 5.73 Å². The molecule has 0 aromatic carbocycles. The van der Waals surface area contributed by atoms with Crippen LogP contribution in [0.1, 0.15) is 32.5 Å². The molecule has 1 heterocycles. The van der Waals surface area contributed by atoms with Crippen molar-refractivity contribution in [3.63, 3.8) is 0 Å². The van der Waals surface area contributed by atoms with E-state index in [1.165, 1.54) is 6.39 Å². The molecule has 1 aromatic heterocycles. The lowest BCUT2D eigenvalue weighted by Gasteiger charge is -2.21. The molecule has 4 nitrogen and oxygen atoms in total. The van der Waals surface area contributed by atoms with Crippen LogP contribution in [-0.4, -0.2) is 10.1 Å². The van der Waals surface area contributed by atoms with E-state index in [1.807, 2.05) is 13.8 Å². The Kier molecular flexibility index (Phi) is 2.24. The van der Waals surface area contributed by atoms with Gasteiger partial charge in [-0.25, -0.2) is 0 Å². The minimum atomic E-state index is -0.410. The van der Waals surface area contributed by atoms with Gasteiger partial charge in [-0.1, -0.05) is 19.0 Å². The van der Waals surface area contributed by atoms with Crippen molar-refractivity contribution in [2.45, 2.75) is 32.2 Å². The molecule has 11 heavy (non-hydrogen) atoms. The summed E-state index contributed by atoms with van der Waals surface area (Å²) >= 11 is 0. The third-order valence-corrected chi connectivity index (χ3v) is 2.07. The van der Waals surface area contributed by atoms with E-state index >= 15 is 0 Å². The van der Waals surface area contributed by atoms with Crippen LogP contribution in [0.3, 0.4) is 0 Å². The Balaban J connectivity index is 2.87. The first-order chi connectivity index (χ1) is 5.23. The summed E-state index contributed by atoms with van der Waals surface area (Å²) in [6.07, 6.45) is 2.95. The van der Waals surface area contributed by atoms with Crippen molar-refractivity contribution in [3.05, 3.63) is 12.2 Å². The molecule has 0 saturated carbocycles. The van der Waals surface area contributed by atoms with Gasteiger partial charge in [-0.2, -0.15) is 4.98 Å². The third kappa shape index (κ3) is 1.40. The average molecular weight is 155 g/mol. The lowest BCUT2D eigenvalue weighted by molar-refractivity contribution is 0.347. The molecule has 4 heteroatoms. The van der Waals surface area contributed by atoms with Gasteiger partial charge in [-0.05, 0) is 12.8 Å². The van der Waals surface area contributed by atoms with Crippen LogP contribution in [0.25, 0.3) is 0 Å². The second-order valence-electron chi connectivity index (χ2n) is 2.62. The summed E-state index contributed by atoms with van der Waals surface area (Å²) in [5.74, 6) is 0.600. The van der Waals surface area contributed by atoms with Crippen molar-refractivity contribution in [3.8, 4) is 0 Å². The second kappa shape index (κ2) is 3.00. The number of nitrogens with two attached hydrogens (primary N) is 1. The molecule has 0 radical (unpaired) electrons. The lowest BCUT2D eigenvalue weighted by atomic mass is 9.94. The molecule has 0 fully saturated rings. The number of hydrogen-bond acceptors (Lipinski definition) is 4. The molecule has 0 bridgehead atoms. The Bertz CT molecular complexity index is 203. The van der Waals surface area contributed by atoms with Crippen LogP contribution in [0.4, 0.5) is 0 Å². The average Bonchev–Trinajstić information content (AvgIpc) is 2.55. The number of rotatable bonds is 3. The highest BCUT2D eigenvalue weighted by Crippen LogP contribution is 2.21. The van der Waals surface area contributed by atoms with Crippen LogP contribution >= 0.6 is 0 Å². The summed E-state index contributed by atoms with van der Waals surface area (Å²) < 4.78 is 4.62. The molecular weight excluding hydrogens is 142 g/mol. The summed E-state index contributed by atoms with van der Waals surface area (Å²) in [5.41, 5.74) is 5.57. The van der Waals surface area contributed by atoms with Crippen LogP contribution in [0, 0.1) is 0 Å². The predicted molar refractivity (Wildman–Crippen MR) is 40.7 cm³/mol. The number of nitrogens with zero attached hydrogens (tertiary/aromatic N) is 2. The topological polar surface area (TPSA) is 64.9 Å². The quantitative estimate of drug-likeness (QED) is 0.708. The zero-order chi connectivity index (χ0) is 8.32. The first kappa shape index (κ1) is 8.20. The molecule has 0 atom stereocenters. The van der Waals surface area contributed by atoms with Crippen molar-refractivity contribution in [2.75, 3.05) is 0 Å². The predicted octanol–water partition coefficient (Wildman–Crippen LogP) is 1.04. The molecule has 1 aromatic rings. The van der Waals surface area contributed by atoms with Crippen molar-refractivity contribution in [1.29, 1.82) is 0 Å². The smallest absolute Gasteiger partial charge is 0.213 e. The normalized spacial score (nSPS) is 11.9. The maximum atomic E-state index is 5.98. The summed E-state index contributed by atoms with van der Waals surface area (Å²) in [7, 11) is 0. The Morgan fingerprint density at radius 2 is 2.18 bits per heavy atom. The minimum Gasteiger partial charge on any atom is -0.343 e. The fraction of sp³-hybridized carbons (Fsp3) is 0.714. The largest absolute Gasteiger partial charge is 0.343 e. The lowest BCUT2D eigenvalue weighted by Crippen LogP contribution is -2.36. The van der Waals surface area contributed by atoms with E-state index in [1.54, 1.807) is 0 Å². The zero-order valence-electron chi connectivity index (χ0n) is 6.87. The third-order valence-electron chi connectivity index (χ3n) is 2.07. The summed E-state index contributed by atoms with van der Waals surface area (Å²) in [4.78, 5) is 3.93. The maximum absolute atomic E-state index is 5.98. The van der Waals surface area contributed by atoms with Gasteiger partial charge in [-0.15, -0.1) is 0 Å². The fourth-order valence-electron chi connectivity index (χ4n) is 0.956. The van der Waals surface area contributed by atoms with E-state index in [4.69, 9.17) is 5.73 Å². The molecule has 1 rings (SSSR count). The summed E-state index contributed by atoms with van der Waals surface area (Å²) in [5, 5.41) is 3.72. The van der Waals surface area contributed by atoms with Crippen LogP contribution in [0.5, 0.6) is 0 Å². The maximum Gasteiger partial charge on any atom is 0.213 e. The van der Waals surface area contributed by atoms with Gasteiger partial charge in [0.05, 0.1) is 5.54 Å². The molecule has 0 spiro atoms. The highest BCUT2D eigenvalue weighted by molar-refractivity contribution is 5.00. The highest BCUT2D eigenvalue weighted by atomic mass is 16.5. The first-order valence-electron chi connectivity index (χ1n) is 3.78. The molecule has 2 N–H and O–H groups in total. The van der Waals surface area contributed by atoms with Crippen LogP contribution in [-0.2, 0) is 5.54 Å². The van der Waals surface area contributed by atoms with Gasteiger partial charge in [0.2, 0.25) is 6.39 Å². The van der Waals surface area contributed by atoms with E-state index in [-0.39, 0.29) is 0 Å². The van der Waals surface area contributed by atoms with E-state index in [0.29, 0.717) is 5.82 Å². The second-order valence-corrected chi connectivity index (χ2v) is 2.62. The molecule has 62 valence electrons. The van der Waals surface area contributed by atoms with E-state index in [2.05, 4.69) is 14.7 Å². The molecular formula is C7H13N3O. The summed E-state index contributed by atoms with van der Waals surface area (Å²) in [6.45, 7) is 4.03. The molecule has 0 unspecified atom stereocenters. The van der Waals surface area contributed by atoms with Crippen molar-refractivity contribution in [1.82, 2.24) is 10.1 Å². The van der Waals surface area contributed by atoms with Crippen LogP contribution in [0.15, 0.2) is 10.9 Å². The fourth-order valence-corrected chi connectivity index (χ4v) is 0.956. The molecule has 0 aliphatic heterocycles. The Hall–Kier alpha value is -0.900. The SMILES string of the molecule is CCC(N)(CC)c1ncon1. The van der Waals surface area contributed by atoms with E-state index < -0.39 is 5.54 Å². The number of hydrogen-bond donors (Lipinski definition) is 1. The van der Waals surface area contributed by atoms with Gasteiger partial charge >= 0.3 is 0 Å². The van der Waals surface area contributed by atoms with E-state index in [9.17, 15) is 0 Å². The monoisotopic (exact) mass is 155 g/mol. The zero-order valence-corrected chi connectivity index (χ0v) is 6.87. The van der Waals surface area contributed by atoms with E-state index in [0.717, 1.165) is 12.8 Å². The van der Waals surface area contributed by atoms with Gasteiger partial charge in [0.1, 0.15) is 0 Å². The van der Waals surface area contributed by atoms with Crippen molar-refractivity contribution >= 4 is 0 Å². The highest BCUT2D eigenvalue weighted by Gasteiger charge is 2.27. The van der Waals surface area contributed by atoms with Crippen molar-refractivity contribution < 1.29 is 4.52 Å². The molecule has 0 amide bonds. The van der Waals surface area contributed by atoms with Crippen LogP contribution in [0.2, 0.25) is 0 Å². The first-order valence-corrected chi connectivity index (χ1v) is 3.78. The Morgan fingerprint density at radius 3 is 2.55 bits per heavy atom. The standard InChI is InChI=1S/C7H13N3O/c1-3-7(8,4-2)6-9-5-11-10-6/h5H,3-4,8H2,1-2H3. The summed E-state index contributed by atoms with van der Waals surface area (Å²) in [6, 6.07) is 0. The molecule has 0 aliphatic rings. The number of aromatic nitrogens is 2. The van der Waals surface area contributed by atoms with Gasteiger partial charge in [0.15, 0.2) is 5.82 Å². The minimum absolute atomic E-state index is 0.410. The molecule has 0 aliphatic carbocycles. The van der Waals surface area contributed by atoms with Gasteiger partial charge in [-0.3, -0.25) is 0 Å². The Labute approximate surface area is 65.8 Å². The van der Waals surface area contributed by atoms with Crippen LogP contribution < -0.4 is 5.73 Å². The Morgan fingerprint density at radius 1 is 1.55 bits per heavy atom. The van der Waals surface area contributed by atoms with Gasteiger partial charge in [0.25, 0.3) is 0 Å². The molecule has 0 saturated heterocycles.